The average Bonchev–Trinajstić information content (AvgIpc) is 2.85. The van der Waals surface area contributed by atoms with Crippen LogP contribution in [-0.4, -0.2) is 34.3 Å². The molecule has 2 heterocycles. The van der Waals surface area contributed by atoms with Gasteiger partial charge in [-0.15, -0.1) is 0 Å². The number of nitrogens with zero attached hydrogens (tertiary/aromatic N) is 3. The van der Waals surface area contributed by atoms with Crippen molar-refractivity contribution in [3.05, 3.63) is 23.9 Å². The van der Waals surface area contributed by atoms with Crippen LogP contribution in [0.2, 0.25) is 0 Å². The highest BCUT2D eigenvalue weighted by molar-refractivity contribution is 5.97. The second kappa shape index (κ2) is 6.35. The van der Waals surface area contributed by atoms with Crippen molar-refractivity contribution in [3.8, 4) is 6.07 Å². The Morgan fingerprint density at radius 1 is 1.48 bits per heavy atom. The van der Waals surface area contributed by atoms with Gasteiger partial charge in [-0.05, 0) is 24.5 Å². The number of hydrogen-bond donors (Lipinski definition) is 1. The fourth-order valence-corrected chi connectivity index (χ4v) is 2.50. The number of amides is 2. The quantitative estimate of drug-likeness (QED) is 0.909. The van der Waals surface area contributed by atoms with E-state index in [2.05, 4.69) is 10.3 Å². The van der Waals surface area contributed by atoms with E-state index >= 15 is 0 Å². The third-order valence-corrected chi connectivity index (χ3v) is 3.49. The molecule has 0 bridgehead atoms. The van der Waals surface area contributed by atoms with Gasteiger partial charge in [0.2, 0.25) is 11.8 Å². The molecular weight excluding hydrogens is 268 g/mol. The monoisotopic (exact) mass is 286 g/mol. The average molecular weight is 286 g/mol. The second-order valence-electron chi connectivity index (χ2n) is 5.41. The number of carbonyl (C=O) groups is 2. The summed E-state index contributed by atoms with van der Waals surface area (Å²) < 4.78 is 0. The van der Waals surface area contributed by atoms with Crippen LogP contribution in [-0.2, 0) is 9.59 Å². The molecule has 1 N–H and O–H groups in total. The fraction of sp³-hybridized carbons (Fsp3) is 0.467. The van der Waals surface area contributed by atoms with Crippen molar-refractivity contribution in [3.63, 3.8) is 0 Å². The largest absolute Gasteiger partial charge is 0.330 e. The molecule has 0 spiro atoms. The molecular formula is C15H18N4O2. The maximum Gasteiger partial charge on any atom is 0.248 e. The molecule has 1 atom stereocenters. The van der Waals surface area contributed by atoms with Crippen molar-refractivity contribution in [2.75, 3.05) is 11.9 Å². The Morgan fingerprint density at radius 3 is 2.71 bits per heavy atom. The number of nitriles is 1. The maximum absolute atomic E-state index is 12.4. The van der Waals surface area contributed by atoms with Gasteiger partial charge in [0.1, 0.15) is 17.9 Å². The molecule has 110 valence electrons. The van der Waals surface area contributed by atoms with E-state index in [0.29, 0.717) is 24.3 Å². The molecule has 1 aromatic rings. The summed E-state index contributed by atoms with van der Waals surface area (Å²) >= 11 is 0. The van der Waals surface area contributed by atoms with E-state index < -0.39 is 6.04 Å². The van der Waals surface area contributed by atoms with E-state index in [1.165, 1.54) is 6.20 Å². The molecule has 6 heteroatoms. The van der Waals surface area contributed by atoms with Crippen molar-refractivity contribution < 1.29 is 9.59 Å². The Morgan fingerprint density at radius 2 is 2.24 bits per heavy atom. The van der Waals surface area contributed by atoms with E-state index in [9.17, 15) is 9.59 Å². The molecule has 1 aliphatic heterocycles. The predicted molar refractivity (Wildman–Crippen MR) is 77.2 cm³/mol. The summed E-state index contributed by atoms with van der Waals surface area (Å²) in [4.78, 5) is 29.9. The van der Waals surface area contributed by atoms with Crippen LogP contribution in [0, 0.1) is 17.2 Å². The van der Waals surface area contributed by atoms with E-state index in [0.717, 1.165) is 6.42 Å². The first-order chi connectivity index (χ1) is 10.0. The molecule has 1 aromatic heterocycles. The van der Waals surface area contributed by atoms with Gasteiger partial charge in [0, 0.05) is 19.2 Å². The van der Waals surface area contributed by atoms with Crippen molar-refractivity contribution in [2.45, 2.75) is 32.7 Å². The first-order valence-corrected chi connectivity index (χ1v) is 6.99. The summed E-state index contributed by atoms with van der Waals surface area (Å²) in [7, 11) is 0. The summed E-state index contributed by atoms with van der Waals surface area (Å²) in [6, 6.07) is 4.66. The van der Waals surface area contributed by atoms with Crippen LogP contribution in [0.15, 0.2) is 18.3 Å². The zero-order valence-electron chi connectivity index (χ0n) is 12.2. The van der Waals surface area contributed by atoms with Crippen molar-refractivity contribution in [1.29, 1.82) is 5.26 Å². The van der Waals surface area contributed by atoms with Crippen LogP contribution in [0.4, 0.5) is 5.82 Å². The Balaban J connectivity index is 2.11. The van der Waals surface area contributed by atoms with Gasteiger partial charge in [-0.1, -0.05) is 13.8 Å². The highest BCUT2D eigenvalue weighted by Gasteiger charge is 2.34. The second-order valence-corrected chi connectivity index (χ2v) is 5.41. The molecule has 6 nitrogen and oxygen atoms in total. The lowest BCUT2D eigenvalue weighted by Crippen LogP contribution is -2.48. The molecule has 1 saturated heterocycles. The number of hydrogen-bond acceptors (Lipinski definition) is 4. The highest BCUT2D eigenvalue weighted by atomic mass is 16.2. The first kappa shape index (κ1) is 15.0. The van der Waals surface area contributed by atoms with E-state index in [-0.39, 0.29) is 17.7 Å². The van der Waals surface area contributed by atoms with Gasteiger partial charge in [0.25, 0.3) is 0 Å². The van der Waals surface area contributed by atoms with E-state index in [1.807, 2.05) is 19.9 Å². The summed E-state index contributed by atoms with van der Waals surface area (Å²) in [5.41, 5.74) is 0.433. The molecule has 0 radical (unpaired) electrons. The molecule has 2 amide bonds. The fourth-order valence-electron chi connectivity index (χ4n) is 2.50. The molecule has 0 aliphatic carbocycles. The van der Waals surface area contributed by atoms with Crippen LogP contribution in [0.1, 0.15) is 32.3 Å². The minimum absolute atomic E-state index is 0.0189. The number of aromatic nitrogens is 1. The summed E-state index contributed by atoms with van der Waals surface area (Å²) in [6.07, 6.45) is 2.71. The van der Waals surface area contributed by atoms with Crippen molar-refractivity contribution >= 4 is 17.6 Å². The Kier molecular flexibility index (Phi) is 4.53. The van der Waals surface area contributed by atoms with Gasteiger partial charge in [-0.3, -0.25) is 9.59 Å². The van der Waals surface area contributed by atoms with E-state index in [1.54, 1.807) is 17.0 Å². The number of pyridine rings is 1. The maximum atomic E-state index is 12.4. The molecule has 2 rings (SSSR count). The number of carbonyl (C=O) groups excluding carboxylic acids is 2. The summed E-state index contributed by atoms with van der Waals surface area (Å²) in [5, 5.41) is 11.4. The number of anilines is 1. The first-order valence-electron chi connectivity index (χ1n) is 6.99. The Labute approximate surface area is 123 Å². The normalized spacial score (nSPS) is 15.9. The highest BCUT2D eigenvalue weighted by Crippen LogP contribution is 2.20. The van der Waals surface area contributed by atoms with Crippen LogP contribution in [0.25, 0.3) is 0 Å². The standard InChI is InChI=1S/C15H18N4O2/c1-10(2)14(19-7-3-4-13(19)20)15(21)18-12-6-5-11(8-16)9-17-12/h5-6,9-10,14H,3-4,7H2,1-2H3,(H,17,18,21)/t14-/m1/s1. The molecule has 0 saturated carbocycles. The van der Waals surface area contributed by atoms with Gasteiger partial charge in [-0.2, -0.15) is 5.26 Å². The summed E-state index contributed by atoms with van der Waals surface area (Å²) in [5.74, 6) is 0.191. The molecule has 1 aliphatic rings. The zero-order chi connectivity index (χ0) is 15.4. The van der Waals surface area contributed by atoms with Crippen molar-refractivity contribution in [2.24, 2.45) is 5.92 Å². The van der Waals surface area contributed by atoms with Gasteiger partial charge in [-0.25, -0.2) is 4.98 Å². The third-order valence-electron chi connectivity index (χ3n) is 3.49. The van der Waals surface area contributed by atoms with Gasteiger partial charge < -0.3 is 10.2 Å². The Bertz CT molecular complexity index is 574. The van der Waals surface area contributed by atoms with Crippen LogP contribution < -0.4 is 5.32 Å². The number of rotatable bonds is 4. The molecule has 1 fully saturated rings. The van der Waals surface area contributed by atoms with Gasteiger partial charge in [0.15, 0.2) is 0 Å². The van der Waals surface area contributed by atoms with Gasteiger partial charge in [0.05, 0.1) is 5.56 Å². The third kappa shape index (κ3) is 3.37. The van der Waals surface area contributed by atoms with Crippen LogP contribution in [0.3, 0.4) is 0 Å². The predicted octanol–water partition coefficient (Wildman–Crippen LogP) is 1.54. The van der Waals surface area contributed by atoms with E-state index in [4.69, 9.17) is 5.26 Å². The lowest BCUT2D eigenvalue weighted by atomic mass is 10.0. The number of nitrogens with one attached hydrogen (secondary N) is 1. The lowest BCUT2D eigenvalue weighted by Gasteiger charge is -2.29. The lowest BCUT2D eigenvalue weighted by molar-refractivity contribution is -0.136. The molecule has 0 aromatic carbocycles. The minimum Gasteiger partial charge on any atom is -0.330 e. The van der Waals surface area contributed by atoms with Crippen LogP contribution >= 0.6 is 0 Å². The summed E-state index contributed by atoms with van der Waals surface area (Å²) in [6.45, 7) is 4.46. The number of likely N-dealkylation sites (tertiary alicyclic amines) is 1. The topological polar surface area (TPSA) is 86.1 Å². The Hall–Kier alpha value is -2.42. The SMILES string of the molecule is CC(C)[C@H](C(=O)Nc1ccc(C#N)cn1)N1CCCC1=O. The van der Waals surface area contributed by atoms with Gasteiger partial charge >= 0.3 is 0 Å². The zero-order valence-corrected chi connectivity index (χ0v) is 12.2. The van der Waals surface area contributed by atoms with Crippen LogP contribution in [0.5, 0.6) is 0 Å². The smallest absolute Gasteiger partial charge is 0.248 e. The molecule has 21 heavy (non-hydrogen) atoms. The molecule has 0 unspecified atom stereocenters. The minimum atomic E-state index is -0.488. The van der Waals surface area contributed by atoms with Crippen molar-refractivity contribution in [1.82, 2.24) is 9.88 Å².